The van der Waals surface area contributed by atoms with Crippen LogP contribution in [-0.4, -0.2) is 18.1 Å². The van der Waals surface area contributed by atoms with Crippen LogP contribution in [0.15, 0.2) is 16.7 Å². The molecule has 2 heterocycles. The number of rotatable bonds is 1. The zero-order valence-corrected chi connectivity index (χ0v) is 11.9. The van der Waals surface area contributed by atoms with Gasteiger partial charge in [0.1, 0.15) is 10.4 Å². The van der Waals surface area contributed by atoms with Crippen LogP contribution in [0.2, 0.25) is 5.02 Å². The molecule has 2 rings (SSSR count). The van der Waals surface area contributed by atoms with Crippen LogP contribution in [0.4, 0.5) is 5.82 Å². The van der Waals surface area contributed by atoms with Gasteiger partial charge in [-0.1, -0.05) is 25.4 Å². The first-order chi connectivity index (χ1) is 7.56. The summed E-state index contributed by atoms with van der Waals surface area (Å²) in [6.07, 6.45) is 1.31. The summed E-state index contributed by atoms with van der Waals surface area (Å²) in [7, 11) is 0. The van der Waals surface area contributed by atoms with Crippen LogP contribution in [0.3, 0.4) is 0 Å². The van der Waals surface area contributed by atoms with Crippen LogP contribution in [-0.2, 0) is 0 Å². The Bertz CT molecular complexity index is 373. The van der Waals surface area contributed by atoms with E-state index in [4.69, 9.17) is 11.6 Å². The largest absolute Gasteiger partial charge is 0.356 e. The summed E-state index contributed by atoms with van der Waals surface area (Å²) < 4.78 is 0.734. The minimum atomic E-state index is 0.668. The molecule has 1 aliphatic heterocycles. The van der Waals surface area contributed by atoms with E-state index in [1.807, 2.05) is 12.1 Å². The van der Waals surface area contributed by atoms with E-state index in [9.17, 15) is 0 Å². The van der Waals surface area contributed by atoms with Crippen molar-refractivity contribution >= 4 is 33.3 Å². The summed E-state index contributed by atoms with van der Waals surface area (Å²) in [5.74, 6) is 2.50. The summed E-state index contributed by atoms with van der Waals surface area (Å²) >= 11 is 9.32. The van der Waals surface area contributed by atoms with Crippen LogP contribution >= 0.6 is 27.5 Å². The van der Waals surface area contributed by atoms with Gasteiger partial charge >= 0.3 is 0 Å². The average molecular weight is 304 g/mol. The number of nitrogens with zero attached hydrogens (tertiary/aromatic N) is 2. The molecule has 16 heavy (non-hydrogen) atoms. The first-order valence-electron chi connectivity index (χ1n) is 5.63. The van der Waals surface area contributed by atoms with Crippen molar-refractivity contribution in [2.75, 3.05) is 18.0 Å². The molecule has 0 radical (unpaired) electrons. The molecule has 0 saturated carbocycles. The monoisotopic (exact) mass is 302 g/mol. The van der Waals surface area contributed by atoms with Gasteiger partial charge in [0.05, 0.1) is 5.02 Å². The third kappa shape index (κ3) is 2.69. The van der Waals surface area contributed by atoms with Crippen molar-refractivity contribution in [2.24, 2.45) is 11.8 Å². The second-order valence-corrected chi connectivity index (χ2v) is 5.95. The number of pyridine rings is 1. The van der Waals surface area contributed by atoms with Crippen molar-refractivity contribution in [2.45, 2.75) is 20.3 Å². The van der Waals surface area contributed by atoms with Gasteiger partial charge < -0.3 is 4.90 Å². The number of hydrogen-bond acceptors (Lipinski definition) is 2. The van der Waals surface area contributed by atoms with Crippen molar-refractivity contribution in [3.63, 3.8) is 0 Å². The van der Waals surface area contributed by atoms with Gasteiger partial charge in [-0.3, -0.25) is 0 Å². The fraction of sp³-hybridized carbons (Fsp3) is 0.583. The molecule has 1 saturated heterocycles. The Morgan fingerprint density at radius 3 is 2.50 bits per heavy atom. The van der Waals surface area contributed by atoms with Crippen LogP contribution < -0.4 is 4.90 Å². The molecule has 0 aliphatic carbocycles. The van der Waals surface area contributed by atoms with Gasteiger partial charge in [0.2, 0.25) is 0 Å². The molecule has 1 aromatic rings. The maximum absolute atomic E-state index is 5.95. The zero-order valence-electron chi connectivity index (χ0n) is 9.58. The molecule has 0 bridgehead atoms. The van der Waals surface area contributed by atoms with Gasteiger partial charge in [-0.25, -0.2) is 4.98 Å². The van der Waals surface area contributed by atoms with Crippen LogP contribution in [0.5, 0.6) is 0 Å². The summed E-state index contributed by atoms with van der Waals surface area (Å²) in [6, 6.07) is 3.90. The standard InChI is InChI=1S/C12H16BrClN2/c1-8-5-9(2)7-16(6-8)11-4-3-10(14)12(13)15-11/h3-4,8-9H,5-7H2,1-2H3/t8-,9+. The molecule has 4 heteroatoms. The summed E-state index contributed by atoms with van der Waals surface area (Å²) in [4.78, 5) is 6.82. The Kier molecular flexibility index (Phi) is 3.75. The van der Waals surface area contributed by atoms with E-state index >= 15 is 0 Å². The Labute approximate surface area is 110 Å². The Balaban J connectivity index is 2.19. The summed E-state index contributed by atoms with van der Waals surface area (Å²) in [5.41, 5.74) is 0. The topological polar surface area (TPSA) is 16.1 Å². The highest BCUT2D eigenvalue weighted by atomic mass is 79.9. The van der Waals surface area contributed by atoms with Gasteiger partial charge in [-0.15, -0.1) is 0 Å². The minimum Gasteiger partial charge on any atom is -0.356 e. The number of halogens is 2. The molecule has 1 aromatic heterocycles. The van der Waals surface area contributed by atoms with Crippen molar-refractivity contribution in [3.8, 4) is 0 Å². The van der Waals surface area contributed by atoms with E-state index in [1.54, 1.807) is 0 Å². The molecule has 0 spiro atoms. The number of hydrogen-bond donors (Lipinski definition) is 0. The summed E-state index contributed by atoms with van der Waals surface area (Å²) in [6.45, 7) is 6.78. The van der Waals surface area contributed by atoms with E-state index in [1.165, 1.54) is 6.42 Å². The maximum atomic E-state index is 5.95. The molecule has 0 unspecified atom stereocenters. The third-order valence-electron chi connectivity index (χ3n) is 2.98. The third-order valence-corrected chi connectivity index (χ3v) is 4.12. The second-order valence-electron chi connectivity index (χ2n) is 4.79. The van der Waals surface area contributed by atoms with Crippen molar-refractivity contribution in [1.29, 1.82) is 0 Å². The lowest BCUT2D eigenvalue weighted by Crippen LogP contribution is -2.39. The second kappa shape index (κ2) is 4.92. The van der Waals surface area contributed by atoms with Gasteiger partial charge in [-0.05, 0) is 46.3 Å². The molecule has 2 nitrogen and oxygen atoms in total. The first kappa shape index (κ1) is 12.2. The summed E-state index contributed by atoms with van der Waals surface area (Å²) in [5, 5.41) is 0.668. The predicted octanol–water partition coefficient (Wildman–Crippen LogP) is 3.98. The van der Waals surface area contributed by atoms with Gasteiger partial charge in [0, 0.05) is 13.1 Å². The van der Waals surface area contributed by atoms with E-state index < -0.39 is 0 Å². The minimum absolute atomic E-state index is 0.668. The molecule has 0 N–H and O–H groups in total. The first-order valence-corrected chi connectivity index (χ1v) is 6.80. The van der Waals surface area contributed by atoms with Crippen molar-refractivity contribution in [3.05, 3.63) is 21.8 Å². The smallest absolute Gasteiger partial charge is 0.129 e. The Morgan fingerprint density at radius 1 is 1.31 bits per heavy atom. The highest BCUT2D eigenvalue weighted by Crippen LogP contribution is 2.28. The normalized spacial score (nSPS) is 25.9. The highest BCUT2D eigenvalue weighted by Gasteiger charge is 2.22. The lowest BCUT2D eigenvalue weighted by molar-refractivity contribution is 0.355. The predicted molar refractivity (Wildman–Crippen MR) is 72.1 cm³/mol. The lowest BCUT2D eigenvalue weighted by Gasteiger charge is -2.35. The van der Waals surface area contributed by atoms with E-state index in [2.05, 4.69) is 39.7 Å². The number of piperidine rings is 1. The number of aromatic nitrogens is 1. The van der Waals surface area contributed by atoms with Gasteiger partial charge in [-0.2, -0.15) is 0 Å². The van der Waals surface area contributed by atoms with Crippen molar-refractivity contribution in [1.82, 2.24) is 4.98 Å². The van der Waals surface area contributed by atoms with Gasteiger partial charge in [0.15, 0.2) is 0 Å². The van der Waals surface area contributed by atoms with Crippen molar-refractivity contribution < 1.29 is 0 Å². The van der Waals surface area contributed by atoms with Gasteiger partial charge in [0.25, 0.3) is 0 Å². The lowest BCUT2D eigenvalue weighted by atomic mass is 9.92. The molecular weight excluding hydrogens is 288 g/mol. The molecule has 0 aromatic carbocycles. The average Bonchev–Trinajstić information content (AvgIpc) is 2.20. The molecule has 1 aliphatic rings. The SMILES string of the molecule is C[C@@H]1C[C@H](C)CN(c2ccc(Cl)c(Br)n2)C1. The van der Waals surface area contributed by atoms with E-state index in [-0.39, 0.29) is 0 Å². The Hall–Kier alpha value is -0.280. The van der Waals surface area contributed by atoms with Crippen LogP contribution in [0.25, 0.3) is 0 Å². The van der Waals surface area contributed by atoms with Crippen LogP contribution in [0, 0.1) is 11.8 Å². The molecule has 2 atom stereocenters. The fourth-order valence-corrected chi connectivity index (χ4v) is 2.85. The highest BCUT2D eigenvalue weighted by molar-refractivity contribution is 9.10. The quantitative estimate of drug-likeness (QED) is 0.730. The fourth-order valence-electron chi connectivity index (χ4n) is 2.43. The molecule has 88 valence electrons. The number of anilines is 1. The molecule has 1 fully saturated rings. The Morgan fingerprint density at radius 2 is 1.94 bits per heavy atom. The van der Waals surface area contributed by atoms with Crippen LogP contribution in [0.1, 0.15) is 20.3 Å². The molecule has 0 amide bonds. The van der Waals surface area contributed by atoms with E-state index in [0.717, 1.165) is 35.3 Å². The maximum Gasteiger partial charge on any atom is 0.129 e. The van der Waals surface area contributed by atoms with E-state index in [0.29, 0.717) is 5.02 Å². The zero-order chi connectivity index (χ0) is 11.7. The molecular formula is C12H16BrClN2.